The highest BCUT2D eigenvalue weighted by Gasteiger charge is 2.10. The highest BCUT2D eigenvalue weighted by molar-refractivity contribution is 6.04. The van der Waals surface area contributed by atoms with E-state index in [0.717, 1.165) is 0 Å². The molecule has 1 amide bonds. The molecule has 0 aliphatic carbocycles. The summed E-state index contributed by atoms with van der Waals surface area (Å²) in [6.07, 6.45) is 3.09. The maximum atomic E-state index is 12.0. The van der Waals surface area contributed by atoms with Gasteiger partial charge in [-0.1, -0.05) is 11.8 Å². The number of rotatable bonds is 3. The molecule has 20 heavy (non-hydrogen) atoms. The number of anilines is 1. The Morgan fingerprint density at radius 1 is 1.55 bits per heavy atom. The number of carbonyl (C=O) groups is 1. The van der Waals surface area contributed by atoms with Crippen molar-refractivity contribution >= 4 is 11.6 Å². The number of aromatic nitrogens is 2. The van der Waals surface area contributed by atoms with Gasteiger partial charge in [0.05, 0.1) is 24.6 Å². The van der Waals surface area contributed by atoms with Crippen LogP contribution in [0, 0.1) is 11.8 Å². The van der Waals surface area contributed by atoms with Gasteiger partial charge >= 0.3 is 0 Å². The summed E-state index contributed by atoms with van der Waals surface area (Å²) < 4.78 is 5.15. The topological polar surface area (TPSA) is 87.2 Å². The number of benzene rings is 1. The third-order valence-electron chi connectivity index (χ3n) is 2.52. The van der Waals surface area contributed by atoms with Gasteiger partial charge in [-0.15, -0.1) is 0 Å². The monoisotopic (exact) mass is 271 g/mol. The van der Waals surface area contributed by atoms with E-state index < -0.39 is 0 Å². The van der Waals surface area contributed by atoms with Crippen LogP contribution in [0.1, 0.15) is 15.9 Å². The predicted octanol–water partition coefficient (Wildman–Crippen LogP) is 1.01. The van der Waals surface area contributed by atoms with Gasteiger partial charge in [0.1, 0.15) is 12.4 Å². The van der Waals surface area contributed by atoms with Gasteiger partial charge in [0.2, 0.25) is 0 Å². The number of aromatic amines is 1. The summed E-state index contributed by atoms with van der Waals surface area (Å²) in [6, 6.07) is 4.90. The second-order valence-electron chi connectivity index (χ2n) is 3.82. The third-order valence-corrected chi connectivity index (χ3v) is 2.52. The molecule has 1 aromatic heterocycles. The van der Waals surface area contributed by atoms with Crippen LogP contribution in [0.2, 0.25) is 0 Å². The number of amides is 1. The summed E-state index contributed by atoms with van der Waals surface area (Å²) in [4.78, 5) is 12.0. The summed E-state index contributed by atoms with van der Waals surface area (Å²) in [5, 5.41) is 17.8. The predicted molar refractivity (Wildman–Crippen MR) is 73.5 cm³/mol. The SMILES string of the molecule is COc1ccc(C(=O)Nc2cn[nH]c2)cc1C#CCO. The number of carbonyl (C=O) groups excluding carboxylic acids is 1. The van der Waals surface area contributed by atoms with Crippen molar-refractivity contribution in [3.63, 3.8) is 0 Å². The molecule has 0 radical (unpaired) electrons. The van der Waals surface area contributed by atoms with Crippen LogP contribution in [-0.2, 0) is 0 Å². The molecule has 0 aliphatic heterocycles. The van der Waals surface area contributed by atoms with Gasteiger partial charge in [0, 0.05) is 11.8 Å². The summed E-state index contributed by atoms with van der Waals surface area (Å²) >= 11 is 0. The molecule has 6 heteroatoms. The van der Waals surface area contributed by atoms with Crippen molar-refractivity contribution in [2.45, 2.75) is 0 Å². The number of nitrogens with one attached hydrogen (secondary N) is 2. The summed E-state index contributed by atoms with van der Waals surface area (Å²) in [7, 11) is 1.52. The fourth-order valence-corrected chi connectivity index (χ4v) is 1.60. The molecule has 0 saturated carbocycles. The average Bonchev–Trinajstić information content (AvgIpc) is 2.97. The number of nitrogens with zero attached hydrogens (tertiary/aromatic N) is 1. The van der Waals surface area contributed by atoms with E-state index in [1.165, 1.54) is 13.3 Å². The quantitative estimate of drug-likeness (QED) is 0.727. The maximum absolute atomic E-state index is 12.0. The van der Waals surface area contributed by atoms with Crippen LogP contribution < -0.4 is 10.1 Å². The zero-order valence-corrected chi connectivity index (χ0v) is 10.8. The zero-order chi connectivity index (χ0) is 14.4. The molecule has 3 N–H and O–H groups in total. The van der Waals surface area contributed by atoms with Crippen molar-refractivity contribution in [2.24, 2.45) is 0 Å². The second-order valence-corrected chi connectivity index (χ2v) is 3.82. The van der Waals surface area contributed by atoms with E-state index in [0.29, 0.717) is 22.6 Å². The van der Waals surface area contributed by atoms with Crippen LogP contribution in [0.25, 0.3) is 0 Å². The smallest absolute Gasteiger partial charge is 0.255 e. The Bertz CT molecular complexity index is 654. The molecule has 0 saturated heterocycles. The number of hydrogen-bond donors (Lipinski definition) is 3. The third kappa shape index (κ3) is 3.16. The van der Waals surface area contributed by atoms with Gasteiger partial charge in [0.25, 0.3) is 5.91 Å². The molecule has 0 atom stereocenters. The summed E-state index contributed by atoms with van der Waals surface area (Å²) in [6.45, 7) is -0.255. The van der Waals surface area contributed by atoms with Crippen LogP contribution in [0.5, 0.6) is 5.75 Å². The van der Waals surface area contributed by atoms with Gasteiger partial charge in [-0.05, 0) is 18.2 Å². The van der Waals surface area contributed by atoms with Crippen molar-refractivity contribution < 1.29 is 14.6 Å². The average molecular weight is 271 g/mol. The molecule has 6 nitrogen and oxygen atoms in total. The standard InChI is InChI=1S/C14H13N3O3/c1-20-13-5-4-11(7-10(13)3-2-6-18)14(19)17-12-8-15-16-9-12/h4-5,7-9,18H,6H2,1H3,(H,15,16)(H,17,19). The number of hydrogen-bond acceptors (Lipinski definition) is 4. The van der Waals surface area contributed by atoms with Crippen LogP contribution in [0.15, 0.2) is 30.6 Å². The molecule has 1 heterocycles. The Morgan fingerprint density at radius 3 is 3.05 bits per heavy atom. The highest BCUT2D eigenvalue weighted by Crippen LogP contribution is 2.19. The van der Waals surface area contributed by atoms with E-state index in [2.05, 4.69) is 27.4 Å². The Hall–Kier alpha value is -2.78. The molecule has 0 spiro atoms. The molecule has 0 bridgehead atoms. The zero-order valence-electron chi connectivity index (χ0n) is 10.8. The summed E-state index contributed by atoms with van der Waals surface area (Å²) in [5.74, 6) is 5.54. The van der Waals surface area contributed by atoms with Gasteiger partial charge < -0.3 is 15.2 Å². The van der Waals surface area contributed by atoms with Crippen LogP contribution >= 0.6 is 0 Å². The van der Waals surface area contributed by atoms with Crippen LogP contribution in [-0.4, -0.2) is 34.9 Å². The Kier molecular flexibility index (Phi) is 4.37. The maximum Gasteiger partial charge on any atom is 0.255 e. The van der Waals surface area contributed by atoms with Crippen LogP contribution in [0.4, 0.5) is 5.69 Å². The van der Waals surface area contributed by atoms with Crippen LogP contribution in [0.3, 0.4) is 0 Å². The van der Waals surface area contributed by atoms with E-state index in [4.69, 9.17) is 9.84 Å². The molecule has 0 fully saturated rings. The first kappa shape index (κ1) is 13.6. The minimum Gasteiger partial charge on any atom is -0.495 e. The molecule has 0 unspecified atom stereocenters. The van der Waals surface area contributed by atoms with Crippen molar-refractivity contribution in [3.05, 3.63) is 41.7 Å². The minimum atomic E-state index is -0.277. The fourth-order valence-electron chi connectivity index (χ4n) is 1.60. The second kappa shape index (κ2) is 6.41. The minimum absolute atomic E-state index is 0.255. The van der Waals surface area contributed by atoms with E-state index >= 15 is 0 Å². The number of methoxy groups -OCH3 is 1. The highest BCUT2D eigenvalue weighted by atomic mass is 16.5. The van der Waals surface area contributed by atoms with Crippen molar-refractivity contribution in [3.8, 4) is 17.6 Å². The summed E-state index contributed by atoms with van der Waals surface area (Å²) in [5.41, 5.74) is 1.56. The fraction of sp³-hybridized carbons (Fsp3) is 0.143. The molecule has 1 aromatic carbocycles. The van der Waals surface area contributed by atoms with E-state index in [1.54, 1.807) is 24.4 Å². The van der Waals surface area contributed by atoms with Gasteiger partial charge in [0.15, 0.2) is 0 Å². The number of aliphatic hydroxyl groups is 1. The van der Waals surface area contributed by atoms with E-state index in [1.807, 2.05) is 0 Å². The molecule has 102 valence electrons. The lowest BCUT2D eigenvalue weighted by Gasteiger charge is -2.06. The first-order chi connectivity index (χ1) is 9.74. The van der Waals surface area contributed by atoms with E-state index in [9.17, 15) is 4.79 Å². The van der Waals surface area contributed by atoms with E-state index in [-0.39, 0.29) is 12.5 Å². The van der Waals surface area contributed by atoms with Crippen molar-refractivity contribution in [1.82, 2.24) is 10.2 Å². The first-order valence-electron chi connectivity index (χ1n) is 5.82. The Labute approximate surface area is 115 Å². The number of ether oxygens (including phenoxy) is 1. The first-order valence-corrected chi connectivity index (χ1v) is 5.82. The van der Waals surface area contributed by atoms with Crippen molar-refractivity contribution in [2.75, 3.05) is 19.0 Å². The number of aliphatic hydroxyl groups excluding tert-OH is 1. The number of H-pyrrole nitrogens is 1. The van der Waals surface area contributed by atoms with Gasteiger partial charge in [-0.3, -0.25) is 9.89 Å². The molecule has 2 rings (SSSR count). The van der Waals surface area contributed by atoms with Gasteiger partial charge in [-0.25, -0.2) is 0 Å². The Balaban J connectivity index is 2.26. The Morgan fingerprint density at radius 2 is 2.40 bits per heavy atom. The largest absolute Gasteiger partial charge is 0.495 e. The lowest BCUT2D eigenvalue weighted by Crippen LogP contribution is -2.11. The molecule has 0 aliphatic rings. The normalized spacial score (nSPS) is 9.50. The lowest BCUT2D eigenvalue weighted by atomic mass is 10.1. The molecular weight excluding hydrogens is 258 g/mol. The lowest BCUT2D eigenvalue weighted by molar-refractivity contribution is 0.102. The molecule has 2 aromatic rings. The van der Waals surface area contributed by atoms with Gasteiger partial charge in [-0.2, -0.15) is 5.10 Å². The molecular formula is C14H13N3O3. The van der Waals surface area contributed by atoms with Crippen molar-refractivity contribution in [1.29, 1.82) is 0 Å².